The fourth-order valence-electron chi connectivity index (χ4n) is 4.19. The van der Waals surface area contributed by atoms with E-state index in [1.54, 1.807) is 13.8 Å². The van der Waals surface area contributed by atoms with Crippen LogP contribution in [0, 0.1) is 17.3 Å². The van der Waals surface area contributed by atoms with Crippen LogP contribution < -0.4 is 0 Å². The van der Waals surface area contributed by atoms with Gasteiger partial charge in [-0.15, -0.1) is 0 Å². The highest BCUT2D eigenvalue weighted by atomic mass is 16.6. The Labute approximate surface area is 154 Å². The number of carbonyl (C=O) groups excluding carboxylic acids is 2. The number of fused-ring (bicyclic) bond motifs is 1. The lowest BCUT2D eigenvalue weighted by atomic mass is 9.81. The monoisotopic (exact) mass is 354 g/mol. The SMILES string of the molecule is CCOC(=O)C1(C(=O)OCC)CC2=C(c3ccccc3)[C@H](C)C=C[C@@H]2C1. The fourth-order valence-corrected chi connectivity index (χ4v) is 4.19. The van der Waals surface area contributed by atoms with Gasteiger partial charge >= 0.3 is 11.9 Å². The summed E-state index contributed by atoms with van der Waals surface area (Å²) in [7, 11) is 0. The van der Waals surface area contributed by atoms with E-state index in [0.717, 1.165) is 11.1 Å². The maximum Gasteiger partial charge on any atom is 0.323 e. The van der Waals surface area contributed by atoms with Gasteiger partial charge in [0.25, 0.3) is 0 Å². The number of rotatable bonds is 5. The molecule has 0 radical (unpaired) electrons. The van der Waals surface area contributed by atoms with Gasteiger partial charge in [-0.25, -0.2) is 0 Å². The Morgan fingerprint density at radius 2 is 1.65 bits per heavy atom. The lowest BCUT2D eigenvalue weighted by Gasteiger charge is -2.24. The standard InChI is InChI=1S/C22H26O4/c1-4-25-20(23)22(21(24)26-5-2)13-17-12-11-15(3)19(18(17)14-22)16-9-7-6-8-10-16/h6-12,15,17H,4-5,13-14H2,1-3H3/t15-,17-/m1/s1. The van der Waals surface area contributed by atoms with E-state index in [9.17, 15) is 9.59 Å². The van der Waals surface area contributed by atoms with Crippen molar-refractivity contribution in [3.05, 3.63) is 53.6 Å². The first-order chi connectivity index (χ1) is 12.5. The van der Waals surface area contributed by atoms with Crippen LogP contribution in [0.15, 0.2) is 48.1 Å². The van der Waals surface area contributed by atoms with Crippen molar-refractivity contribution < 1.29 is 19.1 Å². The summed E-state index contributed by atoms with van der Waals surface area (Å²) in [5.41, 5.74) is 2.29. The van der Waals surface area contributed by atoms with Crippen molar-refractivity contribution in [2.24, 2.45) is 17.3 Å². The number of hydrogen-bond donors (Lipinski definition) is 0. The maximum absolute atomic E-state index is 12.8. The summed E-state index contributed by atoms with van der Waals surface area (Å²) in [6.45, 7) is 6.17. The molecular formula is C22H26O4. The molecule has 1 saturated carbocycles. The molecule has 0 amide bonds. The Bertz CT molecular complexity index is 727. The third-order valence-corrected chi connectivity index (χ3v) is 5.36. The third-order valence-electron chi connectivity index (χ3n) is 5.36. The number of esters is 2. The van der Waals surface area contributed by atoms with E-state index in [1.807, 2.05) is 18.2 Å². The molecule has 0 bridgehead atoms. The zero-order valence-corrected chi connectivity index (χ0v) is 15.7. The Balaban J connectivity index is 2.07. The highest BCUT2D eigenvalue weighted by molar-refractivity contribution is 6.02. The summed E-state index contributed by atoms with van der Waals surface area (Å²) in [6.07, 6.45) is 5.09. The number of benzene rings is 1. The van der Waals surface area contributed by atoms with Gasteiger partial charge in [0.05, 0.1) is 13.2 Å². The summed E-state index contributed by atoms with van der Waals surface area (Å²) in [6, 6.07) is 10.2. The van der Waals surface area contributed by atoms with E-state index >= 15 is 0 Å². The van der Waals surface area contributed by atoms with E-state index in [2.05, 4.69) is 31.2 Å². The summed E-state index contributed by atoms with van der Waals surface area (Å²) in [4.78, 5) is 25.6. The van der Waals surface area contributed by atoms with Crippen LogP contribution in [0.5, 0.6) is 0 Å². The molecule has 0 N–H and O–H groups in total. The maximum atomic E-state index is 12.8. The molecule has 0 spiro atoms. The molecule has 2 aliphatic rings. The minimum Gasteiger partial charge on any atom is -0.465 e. The number of ether oxygens (including phenoxy) is 2. The molecule has 2 atom stereocenters. The predicted molar refractivity (Wildman–Crippen MR) is 100 cm³/mol. The highest BCUT2D eigenvalue weighted by Crippen LogP contribution is 2.53. The second-order valence-electron chi connectivity index (χ2n) is 6.99. The minimum absolute atomic E-state index is 0.0650. The van der Waals surface area contributed by atoms with Crippen LogP contribution in [-0.4, -0.2) is 25.2 Å². The molecule has 2 aliphatic carbocycles. The Kier molecular flexibility index (Phi) is 5.30. The van der Waals surface area contributed by atoms with Gasteiger partial charge in [-0.3, -0.25) is 9.59 Å². The first-order valence-electron chi connectivity index (χ1n) is 9.34. The molecule has 0 saturated heterocycles. The van der Waals surface area contributed by atoms with Gasteiger partial charge in [-0.2, -0.15) is 0 Å². The normalized spacial score (nSPS) is 23.5. The first kappa shape index (κ1) is 18.4. The van der Waals surface area contributed by atoms with Crippen LogP contribution in [-0.2, 0) is 19.1 Å². The number of allylic oxidation sites excluding steroid dienone is 4. The van der Waals surface area contributed by atoms with Crippen molar-refractivity contribution in [3.63, 3.8) is 0 Å². The second kappa shape index (κ2) is 7.48. The van der Waals surface area contributed by atoms with Crippen LogP contribution in [0.4, 0.5) is 0 Å². The molecule has 0 aliphatic heterocycles. The highest BCUT2D eigenvalue weighted by Gasteiger charge is 2.56. The Morgan fingerprint density at radius 1 is 1.04 bits per heavy atom. The third kappa shape index (κ3) is 3.09. The molecule has 4 heteroatoms. The molecule has 0 unspecified atom stereocenters. The molecule has 0 aromatic heterocycles. The van der Waals surface area contributed by atoms with E-state index in [-0.39, 0.29) is 25.0 Å². The zero-order valence-electron chi connectivity index (χ0n) is 15.7. The van der Waals surface area contributed by atoms with Crippen LogP contribution in [0.2, 0.25) is 0 Å². The summed E-state index contributed by atoms with van der Waals surface area (Å²) in [5.74, 6) is -0.623. The fraction of sp³-hybridized carbons (Fsp3) is 0.455. The minimum atomic E-state index is -1.24. The van der Waals surface area contributed by atoms with Crippen molar-refractivity contribution in [3.8, 4) is 0 Å². The molecule has 26 heavy (non-hydrogen) atoms. The molecular weight excluding hydrogens is 328 g/mol. The van der Waals surface area contributed by atoms with E-state index in [0.29, 0.717) is 12.8 Å². The molecule has 138 valence electrons. The topological polar surface area (TPSA) is 52.6 Å². The zero-order chi connectivity index (χ0) is 18.7. The quantitative estimate of drug-likeness (QED) is 0.452. The largest absolute Gasteiger partial charge is 0.465 e. The molecule has 0 heterocycles. The number of hydrogen-bond acceptors (Lipinski definition) is 4. The molecule has 1 aromatic rings. The summed E-state index contributed by atoms with van der Waals surface area (Å²) >= 11 is 0. The van der Waals surface area contributed by atoms with Gasteiger partial charge in [0.15, 0.2) is 5.41 Å². The van der Waals surface area contributed by atoms with Crippen LogP contribution >= 0.6 is 0 Å². The van der Waals surface area contributed by atoms with Crippen LogP contribution in [0.1, 0.15) is 39.2 Å². The van der Waals surface area contributed by atoms with Gasteiger partial charge in [0.2, 0.25) is 0 Å². The lowest BCUT2D eigenvalue weighted by molar-refractivity contribution is -0.171. The average molecular weight is 354 g/mol. The Hall–Kier alpha value is -2.36. The summed E-state index contributed by atoms with van der Waals surface area (Å²) < 4.78 is 10.6. The van der Waals surface area contributed by atoms with Crippen molar-refractivity contribution in [2.45, 2.75) is 33.6 Å². The van der Waals surface area contributed by atoms with E-state index in [4.69, 9.17) is 9.47 Å². The van der Waals surface area contributed by atoms with Gasteiger partial charge < -0.3 is 9.47 Å². The van der Waals surface area contributed by atoms with Crippen molar-refractivity contribution >= 4 is 17.5 Å². The van der Waals surface area contributed by atoms with E-state index in [1.165, 1.54) is 5.57 Å². The van der Waals surface area contributed by atoms with Crippen molar-refractivity contribution in [1.29, 1.82) is 0 Å². The van der Waals surface area contributed by atoms with Crippen molar-refractivity contribution in [2.75, 3.05) is 13.2 Å². The van der Waals surface area contributed by atoms with Gasteiger partial charge in [0, 0.05) is 5.92 Å². The average Bonchev–Trinajstić information content (AvgIpc) is 3.04. The number of carbonyl (C=O) groups is 2. The van der Waals surface area contributed by atoms with Gasteiger partial charge in [-0.1, -0.05) is 55.0 Å². The predicted octanol–water partition coefficient (Wildman–Crippen LogP) is 4.17. The first-order valence-corrected chi connectivity index (χ1v) is 9.34. The summed E-state index contributed by atoms with van der Waals surface area (Å²) in [5, 5.41) is 0. The van der Waals surface area contributed by atoms with E-state index < -0.39 is 17.4 Å². The molecule has 4 nitrogen and oxygen atoms in total. The van der Waals surface area contributed by atoms with Crippen LogP contribution in [0.25, 0.3) is 5.57 Å². The molecule has 1 fully saturated rings. The molecule has 1 aromatic carbocycles. The second-order valence-corrected chi connectivity index (χ2v) is 6.99. The molecule has 3 rings (SSSR count). The van der Waals surface area contributed by atoms with Gasteiger partial charge in [-0.05, 0) is 43.7 Å². The lowest BCUT2D eigenvalue weighted by Crippen LogP contribution is -2.40. The van der Waals surface area contributed by atoms with Gasteiger partial charge in [0.1, 0.15) is 0 Å². The van der Waals surface area contributed by atoms with Crippen molar-refractivity contribution in [1.82, 2.24) is 0 Å². The smallest absolute Gasteiger partial charge is 0.323 e. The Morgan fingerprint density at radius 3 is 2.23 bits per heavy atom. The van der Waals surface area contributed by atoms with Crippen LogP contribution in [0.3, 0.4) is 0 Å².